The van der Waals surface area contributed by atoms with Crippen LogP contribution in [0.15, 0.2) is 156 Å². The molecule has 0 fully saturated rings. The van der Waals surface area contributed by atoms with Gasteiger partial charge in [-0.3, -0.25) is 0 Å². The van der Waals surface area contributed by atoms with Crippen LogP contribution in [0.2, 0.25) is 0 Å². The van der Waals surface area contributed by atoms with Crippen molar-refractivity contribution in [3.8, 4) is 27.9 Å². The van der Waals surface area contributed by atoms with Gasteiger partial charge in [0.15, 0.2) is 5.58 Å². The predicted molar refractivity (Wildman–Crippen MR) is 193 cm³/mol. The first-order valence-corrected chi connectivity index (χ1v) is 15.9. The third-order valence-corrected chi connectivity index (χ3v) is 10.2. The second-order valence-electron chi connectivity index (χ2n) is 12.4. The highest BCUT2D eigenvalue weighted by atomic mass is 16.3. The van der Waals surface area contributed by atoms with Crippen molar-refractivity contribution in [1.29, 1.82) is 0 Å². The molecule has 0 saturated heterocycles. The molecule has 2 aliphatic rings. The monoisotopic (exact) mass is 584 g/mol. The molecule has 0 N–H and O–H groups in total. The molecule has 4 heteroatoms. The van der Waals surface area contributed by atoms with Gasteiger partial charge in [0.05, 0.1) is 22.1 Å². The zero-order chi connectivity index (χ0) is 29.9. The minimum absolute atomic E-state index is 0.0200. The van der Waals surface area contributed by atoms with Gasteiger partial charge < -0.3 is 13.8 Å². The highest BCUT2D eigenvalue weighted by molar-refractivity contribution is 6.93. The number of benzene rings is 7. The van der Waals surface area contributed by atoms with Crippen LogP contribution in [0, 0.1) is 0 Å². The maximum atomic E-state index is 7.00. The molecule has 0 aliphatic carbocycles. The molecule has 0 radical (unpaired) electrons. The van der Waals surface area contributed by atoms with E-state index in [1.807, 2.05) is 0 Å². The Morgan fingerprint density at radius 2 is 1.13 bits per heavy atom. The molecule has 7 aromatic carbocycles. The SMILES string of the molecule is c1ccc(-n2c3ccccc3c3c4c(c5c6ccccc6oc5c32)N2B(c3ccccc3-c3ccccc32)c2ccccc2-4)cc1. The normalized spacial score (nSPS) is 13.1. The summed E-state index contributed by atoms with van der Waals surface area (Å²) in [6.45, 7) is 0.0200. The van der Waals surface area contributed by atoms with Gasteiger partial charge in [0.25, 0.3) is 0 Å². The van der Waals surface area contributed by atoms with Crippen molar-refractivity contribution < 1.29 is 4.42 Å². The third-order valence-electron chi connectivity index (χ3n) is 10.2. The van der Waals surface area contributed by atoms with Gasteiger partial charge in [0, 0.05) is 38.7 Å². The molecule has 3 nitrogen and oxygen atoms in total. The van der Waals surface area contributed by atoms with Gasteiger partial charge in [0.2, 0.25) is 0 Å². The number of nitrogens with zero attached hydrogens (tertiary/aromatic N) is 2. The maximum Gasteiger partial charge on any atom is 0.329 e. The Morgan fingerprint density at radius 1 is 0.500 bits per heavy atom. The minimum atomic E-state index is 0.0200. The number of fused-ring (bicyclic) bond motifs is 20. The van der Waals surface area contributed by atoms with E-state index >= 15 is 0 Å². The molecule has 0 atom stereocenters. The number of furan rings is 1. The number of hydrogen-bond acceptors (Lipinski definition) is 2. The predicted octanol–water partition coefficient (Wildman–Crippen LogP) is 9.59. The third kappa shape index (κ3) is 2.94. The van der Waals surface area contributed by atoms with Crippen LogP contribution >= 0.6 is 0 Å². The molecule has 0 unspecified atom stereocenters. The van der Waals surface area contributed by atoms with E-state index in [4.69, 9.17) is 4.42 Å². The van der Waals surface area contributed by atoms with E-state index in [-0.39, 0.29) is 6.85 Å². The fraction of sp³-hybridized carbons (Fsp3) is 0. The standard InChI is InChI=1S/C42H25BN2O/c1-2-14-26(15-3-1)44-34-23-11-7-19-30(34)38-37-29-18-5-10-22-33(29)43-32-21-9-4-16-27(32)28-17-6-12-24-35(28)45(43)40(37)39-31-20-8-13-25-36(31)46-42(39)41(38)44/h1-25H. The van der Waals surface area contributed by atoms with Crippen molar-refractivity contribution in [2.24, 2.45) is 0 Å². The van der Waals surface area contributed by atoms with Crippen molar-refractivity contribution in [1.82, 2.24) is 4.57 Å². The lowest BCUT2D eigenvalue weighted by Gasteiger charge is -2.44. The Bertz CT molecular complexity index is 2720. The lowest BCUT2D eigenvalue weighted by atomic mass is 9.43. The lowest BCUT2D eigenvalue weighted by molar-refractivity contribution is 0.671. The topological polar surface area (TPSA) is 21.3 Å². The van der Waals surface area contributed by atoms with Gasteiger partial charge in [-0.2, -0.15) is 0 Å². The highest BCUT2D eigenvalue weighted by Crippen LogP contribution is 2.55. The molecule has 11 rings (SSSR count). The Labute approximate surface area is 265 Å². The van der Waals surface area contributed by atoms with Gasteiger partial charge >= 0.3 is 6.85 Å². The number of rotatable bonds is 1. The lowest BCUT2D eigenvalue weighted by Crippen LogP contribution is -2.59. The Balaban J connectivity index is 1.44. The zero-order valence-electron chi connectivity index (χ0n) is 24.8. The quantitative estimate of drug-likeness (QED) is 0.179. The maximum absolute atomic E-state index is 7.00. The van der Waals surface area contributed by atoms with Crippen LogP contribution in [0.5, 0.6) is 0 Å². The molecule has 46 heavy (non-hydrogen) atoms. The summed E-state index contributed by atoms with van der Waals surface area (Å²) in [5.41, 5.74) is 15.4. The molecule has 2 aromatic heterocycles. The molecule has 0 saturated carbocycles. The van der Waals surface area contributed by atoms with Crippen LogP contribution in [-0.2, 0) is 0 Å². The number of para-hydroxylation sites is 4. The average molecular weight is 584 g/mol. The minimum Gasteiger partial charge on any atom is -0.454 e. The van der Waals surface area contributed by atoms with Gasteiger partial charge in [0.1, 0.15) is 5.58 Å². The second-order valence-corrected chi connectivity index (χ2v) is 12.4. The molecule has 0 bridgehead atoms. The van der Waals surface area contributed by atoms with Crippen LogP contribution < -0.4 is 15.7 Å². The van der Waals surface area contributed by atoms with Crippen LogP contribution in [0.3, 0.4) is 0 Å². The largest absolute Gasteiger partial charge is 0.454 e. The van der Waals surface area contributed by atoms with Crippen LogP contribution in [-0.4, -0.2) is 11.4 Å². The Hall–Kier alpha value is -6.00. The van der Waals surface area contributed by atoms with Gasteiger partial charge in [-0.1, -0.05) is 121 Å². The number of hydrogen-bond donors (Lipinski definition) is 0. The van der Waals surface area contributed by atoms with Crippen molar-refractivity contribution in [3.63, 3.8) is 0 Å². The van der Waals surface area contributed by atoms with E-state index in [1.165, 1.54) is 60.8 Å². The van der Waals surface area contributed by atoms with Crippen molar-refractivity contribution >= 4 is 72.9 Å². The van der Waals surface area contributed by atoms with E-state index in [9.17, 15) is 0 Å². The highest BCUT2D eigenvalue weighted by Gasteiger charge is 2.44. The van der Waals surface area contributed by atoms with E-state index in [1.54, 1.807) is 0 Å². The van der Waals surface area contributed by atoms with E-state index in [0.717, 1.165) is 33.1 Å². The number of aromatic nitrogens is 1. The Morgan fingerprint density at radius 3 is 1.98 bits per heavy atom. The average Bonchev–Trinajstić information content (AvgIpc) is 3.68. The van der Waals surface area contributed by atoms with Crippen molar-refractivity contribution in [2.75, 3.05) is 4.81 Å². The van der Waals surface area contributed by atoms with E-state index in [2.05, 4.69) is 161 Å². The summed E-state index contributed by atoms with van der Waals surface area (Å²) >= 11 is 0. The number of anilines is 2. The summed E-state index contributed by atoms with van der Waals surface area (Å²) in [5, 5.41) is 4.74. The summed E-state index contributed by atoms with van der Waals surface area (Å²) in [4.78, 5) is 2.62. The van der Waals surface area contributed by atoms with Gasteiger partial charge in [-0.25, -0.2) is 0 Å². The molecule has 0 amide bonds. The first-order valence-electron chi connectivity index (χ1n) is 15.9. The molecule has 4 heterocycles. The zero-order valence-corrected chi connectivity index (χ0v) is 24.8. The first kappa shape index (κ1) is 24.3. The van der Waals surface area contributed by atoms with E-state index in [0.29, 0.717) is 0 Å². The smallest absolute Gasteiger partial charge is 0.329 e. The second kappa shape index (κ2) is 8.80. The fourth-order valence-corrected chi connectivity index (χ4v) is 8.44. The van der Waals surface area contributed by atoms with Crippen LogP contribution in [0.25, 0.3) is 71.7 Å². The molecule has 9 aromatic rings. The molecule has 0 spiro atoms. The summed E-state index contributed by atoms with van der Waals surface area (Å²) in [6, 6.07) is 55.0. The summed E-state index contributed by atoms with van der Waals surface area (Å²) in [7, 11) is 0. The fourth-order valence-electron chi connectivity index (χ4n) is 8.44. The molecular weight excluding hydrogens is 559 g/mol. The summed E-state index contributed by atoms with van der Waals surface area (Å²) in [6.07, 6.45) is 0. The van der Waals surface area contributed by atoms with Gasteiger partial charge in [-0.05, 0) is 52.4 Å². The van der Waals surface area contributed by atoms with Crippen LogP contribution in [0.4, 0.5) is 11.4 Å². The Kier molecular flexibility index (Phi) is 4.66. The van der Waals surface area contributed by atoms with E-state index < -0.39 is 0 Å². The van der Waals surface area contributed by atoms with Crippen molar-refractivity contribution in [2.45, 2.75) is 0 Å². The summed E-state index contributed by atoms with van der Waals surface area (Å²) in [5.74, 6) is 0. The molecule has 212 valence electrons. The van der Waals surface area contributed by atoms with Crippen molar-refractivity contribution in [3.05, 3.63) is 152 Å². The van der Waals surface area contributed by atoms with Gasteiger partial charge in [-0.15, -0.1) is 0 Å². The molecule has 2 aliphatic heterocycles. The summed E-state index contributed by atoms with van der Waals surface area (Å²) < 4.78 is 9.41. The van der Waals surface area contributed by atoms with Crippen LogP contribution in [0.1, 0.15) is 0 Å². The molecular formula is C42H25BN2O. The first-order chi connectivity index (χ1) is 22.9.